The van der Waals surface area contributed by atoms with Crippen LogP contribution in [0, 0.1) is 0 Å². The first-order valence-corrected chi connectivity index (χ1v) is 12.9. The van der Waals surface area contributed by atoms with Crippen LogP contribution in [0.15, 0.2) is 78.9 Å². The third-order valence-electron chi connectivity index (χ3n) is 6.51. The number of nitrogens with zero attached hydrogens (tertiary/aromatic N) is 1. The zero-order chi connectivity index (χ0) is 24.6. The fourth-order valence-corrected chi connectivity index (χ4v) is 4.95. The molecule has 182 valence electrons. The number of hydrogen-bond acceptors (Lipinski definition) is 2. The Morgan fingerprint density at radius 2 is 1.46 bits per heavy atom. The third kappa shape index (κ3) is 7.09. The van der Waals surface area contributed by atoms with Crippen molar-refractivity contribution in [1.82, 2.24) is 10.2 Å². The van der Waals surface area contributed by atoms with Gasteiger partial charge in [-0.05, 0) is 41.7 Å². The number of carbonyl (C=O) groups is 2. The van der Waals surface area contributed by atoms with Crippen LogP contribution in [-0.4, -0.2) is 28.8 Å². The van der Waals surface area contributed by atoms with Gasteiger partial charge < -0.3 is 10.2 Å². The highest BCUT2D eigenvalue weighted by Gasteiger charge is 2.32. The van der Waals surface area contributed by atoms with Crippen LogP contribution in [0.2, 0.25) is 10.0 Å². The van der Waals surface area contributed by atoms with Gasteiger partial charge in [0.15, 0.2) is 0 Å². The molecule has 0 aliphatic heterocycles. The van der Waals surface area contributed by atoms with E-state index in [-0.39, 0.29) is 24.3 Å². The minimum atomic E-state index is -0.631. The number of nitrogens with one attached hydrogen (secondary N) is 1. The van der Waals surface area contributed by atoms with E-state index in [0.717, 1.165) is 42.4 Å². The van der Waals surface area contributed by atoms with Crippen LogP contribution in [0.4, 0.5) is 0 Å². The van der Waals surface area contributed by atoms with Crippen LogP contribution in [0.5, 0.6) is 0 Å². The largest absolute Gasteiger partial charge is 0.352 e. The molecule has 0 bridgehead atoms. The summed E-state index contributed by atoms with van der Waals surface area (Å²) in [5.74, 6) is -0.228. The Bertz CT molecular complexity index is 1130. The van der Waals surface area contributed by atoms with E-state index < -0.39 is 6.04 Å². The fourth-order valence-electron chi connectivity index (χ4n) is 4.63. The molecule has 0 radical (unpaired) electrons. The molecule has 3 aromatic carbocycles. The summed E-state index contributed by atoms with van der Waals surface area (Å²) in [5, 5.41) is 4.08. The Labute approximate surface area is 217 Å². The molecule has 1 aliphatic carbocycles. The molecular weight excluding hydrogens is 479 g/mol. The predicted octanol–water partition coefficient (Wildman–Crippen LogP) is 6.23. The quantitative estimate of drug-likeness (QED) is 0.372. The minimum absolute atomic E-state index is 0.0980. The first-order chi connectivity index (χ1) is 17.0. The number of amides is 2. The van der Waals surface area contributed by atoms with Gasteiger partial charge in [0.05, 0.1) is 16.5 Å². The fraction of sp³-hybridized carbons (Fsp3) is 0.310. The molecule has 4 nitrogen and oxygen atoms in total. The number of carbonyl (C=O) groups excluding carboxylic acids is 2. The standard InChI is InChI=1S/C29H30Cl2N2O2/c30-25-16-15-23(17-26(25)31)19-28(34)33(20-22-11-5-2-6-12-22)27(18-21-9-3-1-4-10-21)29(35)32-24-13-7-8-14-24/h1-6,9-12,15-17,24,27H,7-8,13-14,18-20H2,(H,32,35)/t27-/m0/s1. The summed E-state index contributed by atoms with van der Waals surface area (Å²) in [6.07, 6.45) is 4.79. The Kier molecular flexibility index (Phi) is 8.84. The van der Waals surface area contributed by atoms with E-state index in [0.29, 0.717) is 23.0 Å². The first-order valence-electron chi connectivity index (χ1n) is 12.1. The Morgan fingerprint density at radius 1 is 0.829 bits per heavy atom. The van der Waals surface area contributed by atoms with Crippen molar-refractivity contribution in [3.05, 3.63) is 106 Å². The highest BCUT2D eigenvalue weighted by Crippen LogP contribution is 2.24. The molecule has 2 amide bonds. The summed E-state index contributed by atoms with van der Waals surface area (Å²) in [7, 11) is 0. The lowest BCUT2D eigenvalue weighted by Crippen LogP contribution is -2.52. The van der Waals surface area contributed by atoms with Crippen LogP contribution >= 0.6 is 23.2 Å². The Balaban J connectivity index is 1.64. The van der Waals surface area contributed by atoms with Gasteiger partial charge in [-0.25, -0.2) is 0 Å². The smallest absolute Gasteiger partial charge is 0.243 e. The van der Waals surface area contributed by atoms with Crippen molar-refractivity contribution in [2.24, 2.45) is 0 Å². The molecule has 0 saturated heterocycles. The van der Waals surface area contributed by atoms with Gasteiger partial charge in [0.1, 0.15) is 6.04 Å². The molecule has 4 rings (SSSR count). The van der Waals surface area contributed by atoms with Crippen molar-refractivity contribution in [1.29, 1.82) is 0 Å². The molecule has 1 saturated carbocycles. The highest BCUT2D eigenvalue weighted by atomic mass is 35.5. The monoisotopic (exact) mass is 508 g/mol. The van der Waals surface area contributed by atoms with Crippen molar-refractivity contribution in [3.63, 3.8) is 0 Å². The molecule has 1 fully saturated rings. The lowest BCUT2D eigenvalue weighted by atomic mass is 10.0. The van der Waals surface area contributed by atoms with E-state index in [1.54, 1.807) is 23.1 Å². The normalized spacial score (nSPS) is 14.5. The maximum atomic E-state index is 13.8. The average Bonchev–Trinajstić information content (AvgIpc) is 3.38. The second kappa shape index (κ2) is 12.2. The SMILES string of the molecule is O=C(NC1CCCC1)[C@H](Cc1ccccc1)N(Cc1ccccc1)C(=O)Cc1ccc(Cl)c(Cl)c1. The molecule has 35 heavy (non-hydrogen) atoms. The Hall–Kier alpha value is -2.82. The summed E-state index contributed by atoms with van der Waals surface area (Å²) in [5.41, 5.74) is 2.75. The van der Waals surface area contributed by atoms with E-state index in [9.17, 15) is 9.59 Å². The lowest BCUT2D eigenvalue weighted by Gasteiger charge is -2.32. The molecule has 0 unspecified atom stereocenters. The van der Waals surface area contributed by atoms with Gasteiger partial charge in [0.25, 0.3) is 0 Å². The van der Waals surface area contributed by atoms with Crippen molar-refractivity contribution in [2.75, 3.05) is 0 Å². The van der Waals surface area contributed by atoms with Gasteiger partial charge in [0, 0.05) is 19.0 Å². The lowest BCUT2D eigenvalue weighted by molar-refractivity contribution is -0.141. The molecule has 6 heteroatoms. The Morgan fingerprint density at radius 3 is 2.09 bits per heavy atom. The molecule has 3 aromatic rings. The number of rotatable bonds is 9. The number of hydrogen-bond donors (Lipinski definition) is 1. The summed E-state index contributed by atoms with van der Waals surface area (Å²) >= 11 is 12.3. The molecule has 1 N–H and O–H groups in total. The molecular formula is C29H30Cl2N2O2. The van der Waals surface area contributed by atoms with Crippen molar-refractivity contribution < 1.29 is 9.59 Å². The van der Waals surface area contributed by atoms with Gasteiger partial charge >= 0.3 is 0 Å². The maximum absolute atomic E-state index is 13.8. The van der Waals surface area contributed by atoms with Crippen molar-refractivity contribution in [2.45, 2.75) is 57.2 Å². The summed E-state index contributed by atoms with van der Waals surface area (Å²) < 4.78 is 0. The molecule has 0 aromatic heterocycles. The topological polar surface area (TPSA) is 49.4 Å². The van der Waals surface area contributed by atoms with Gasteiger partial charge in [-0.2, -0.15) is 0 Å². The summed E-state index contributed by atoms with van der Waals surface area (Å²) in [6.45, 7) is 0.344. The van der Waals surface area contributed by atoms with Crippen LogP contribution in [0.3, 0.4) is 0 Å². The zero-order valence-electron chi connectivity index (χ0n) is 19.6. The van der Waals surface area contributed by atoms with Gasteiger partial charge in [-0.3, -0.25) is 9.59 Å². The van der Waals surface area contributed by atoms with Crippen LogP contribution in [0.25, 0.3) is 0 Å². The average molecular weight is 509 g/mol. The third-order valence-corrected chi connectivity index (χ3v) is 7.25. The highest BCUT2D eigenvalue weighted by molar-refractivity contribution is 6.42. The number of benzene rings is 3. The first kappa shape index (κ1) is 25.3. The summed E-state index contributed by atoms with van der Waals surface area (Å²) in [4.78, 5) is 29.1. The van der Waals surface area contributed by atoms with Crippen LogP contribution < -0.4 is 5.32 Å². The second-order valence-electron chi connectivity index (χ2n) is 9.13. The summed E-state index contributed by atoms with van der Waals surface area (Å²) in [6, 6.07) is 24.4. The second-order valence-corrected chi connectivity index (χ2v) is 9.94. The molecule has 1 aliphatic rings. The van der Waals surface area contributed by atoms with Crippen LogP contribution in [-0.2, 0) is 29.0 Å². The molecule has 1 atom stereocenters. The number of halogens is 2. The minimum Gasteiger partial charge on any atom is -0.352 e. The van der Waals surface area contributed by atoms with E-state index in [2.05, 4.69) is 5.32 Å². The van der Waals surface area contributed by atoms with E-state index >= 15 is 0 Å². The zero-order valence-corrected chi connectivity index (χ0v) is 21.1. The molecule has 0 spiro atoms. The van der Waals surface area contributed by atoms with Crippen molar-refractivity contribution in [3.8, 4) is 0 Å². The van der Waals surface area contributed by atoms with Crippen LogP contribution in [0.1, 0.15) is 42.4 Å². The van der Waals surface area contributed by atoms with E-state index in [1.165, 1.54) is 0 Å². The molecule has 0 heterocycles. The van der Waals surface area contributed by atoms with E-state index in [4.69, 9.17) is 23.2 Å². The van der Waals surface area contributed by atoms with Crippen molar-refractivity contribution >= 4 is 35.0 Å². The predicted molar refractivity (Wildman–Crippen MR) is 141 cm³/mol. The maximum Gasteiger partial charge on any atom is 0.243 e. The van der Waals surface area contributed by atoms with Gasteiger partial charge in [0.2, 0.25) is 11.8 Å². The van der Waals surface area contributed by atoms with E-state index in [1.807, 2.05) is 60.7 Å². The van der Waals surface area contributed by atoms with Gasteiger partial charge in [-0.15, -0.1) is 0 Å². The van der Waals surface area contributed by atoms with Gasteiger partial charge in [-0.1, -0.05) is 103 Å².